The lowest BCUT2D eigenvalue weighted by Crippen LogP contribution is -2.09. The Morgan fingerprint density at radius 2 is 2.24 bits per heavy atom. The molecule has 0 aliphatic carbocycles. The van der Waals surface area contributed by atoms with Crippen LogP contribution in [0.2, 0.25) is 0 Å². The Morgan fingerprint density at radius 1 is 1.48 bits per heavy atom. The zero-order chi connectivity index (χ0) is 14.5. The highest BCUT2D eigenvalue weighted by Crippen LogP contribution is 2.07. The van der Waals surface area contributed by atoms with Crippen LogP contribution in [0.3, 0.4) is 0 Å². The van der Waals surface area contributed by atoms with Crippen molar-refractivity contribution in [2.45, 2.75) is 19.9 Å². The normalized spacial score (nSPS) is 9.95. The number of aryl methyl sites for hydroxylation is 2. The molecule has 0 radical (unpaired) electrons. The molecule has 11 heteroatoms. The van der Waals surface area contributed by atoms with E-state index in [4.69, 9.17) is 5.73 Å². The van der Waals surface area contributed by atoms with E-state index in [0.717, 1.165) is 5.69 Å². The van der Waals surface area contributed by atoms with E-state index in [1.807, 2.05) is 6.92 Å². The lowest BCUT2D eigenvalue weighted by molar-refractivity contribution is -0.394. The first-order valence-electron chi connectivity index (χ1n) is 5.93. The summed E-state index contributed by atoms with van der Waals surface area (Å²) >= 11 is 0. The van der Waals surface area contributed by atoms with Gasteiger partial charge in [-0.1, -0.05) is 4.98 Å². The van der Waals surface area contributed by atoms with E-state index in [9.17, 15) is 10.1 Å². The molecular formula is C10H15ClN8O2. The van der Waals surface area contributed by atoms with Crippen molar-refractivity contribution >= 4 is 30.1 Å². The molecule has 2 aromatic rings. The molecule has 0 bridgehead atoms. The quantitative estimate of drug-likeness (QED) is 0.453. The van der Waals surface area contributed by atoms with Crippen molar-refractivity contribution in [2.75, 3.05) is 17.6 Å². The van der Waals surface area contributed by atoms with Crippen molar-refractivity contribution in [3.8, 4) is 0 Å². The summed E-state index contributed by atoms with van der Waals surface area (Å²) in [5.41, 5.74) is 6.32. The van der Waals surface area contributed by atoms with Crippen LogP contribution < -0.4 is 11.1 Å². The van der Waals surface area contributed by atoms with Gasteiger partial charge in [-0.2, -0.15) is 9.67 Å². The first-order chi connectivity index (χ1) is 9.54. The van der Waals surface area contributed by atoms with Gasteiger partial charge in [0.15, 0.2) is 0 Å². The maximum Gasteiger partial charge on any atom is 0.490 e. The van der Waals surface area contributed by atoms with Crippen molar-refractivity contribution in [3.05, 3.63) is 28.2 Å². The van der Waals surface area contributed by atoms with Gasteiger partial charge in [-0.25, -0.2) is 4.98 Å². The van der Waals surface area contributed by atoms with Gasteiger partial charge in [0, 0.05) is 23.4 Å². The second-order valence-electron chi connectivity index (χ2n) is 4.10. The maximum absolute atomic E-state index is 10.4. The number of rotatable bonds is 6. The first-order valence-corrected chi connectivity index (χ1v) is 5.93. The average molecular weight is 315 g/mol. The summed E-state index contributed by atoms with van der Waals surface area (Å²) in [5.74, 6) is 0.483. The Bertz CT molecular complexity index is 597. The van der Waals surface area contributed by atoms with Crippen LogP contribution in [0.5, 0.6) is 0 Å². The van der Waals surface area contributed by atoms with Crippen LogP contribution in [0.4, 0.5) is 17.7 Å². The Hall–Kier alpha value is -2.49. The number of nitrogens with two attached hydrogens (primary N) is 1. The molecule has 0 fully saturated rings. The molecule has 114 valence electrons. The van der Waals surface area contributed by atoms with Crippen molar-refractivity contribution in [1.29, 1.82) is 0 Å². The molecule has 3 N–H and O–H groups in total. The molecular weight excluding hydrogens is 300 g/mol. The molecule has 0 aliphatic rings. The van der Waals surface area contributed by atoms with Gasteiger partial charge in [-0.05, 0) is 18.3 Å². The SMILES string of the molecule is Cc1cc(NCCCn2cnc([N+](=O)[O-])n2)nc(N)n1.Cl. The predicted octanol–water partition coefficient (Wildman–Crippen LogP) is 0.791. The summed E-state index contributed by atoms with van der Waals surface area (Å²) in [4.78, 5) is 21.4. The van der Waals surface area contributed by atoms with E-state index < -0.39 is 10.9 Å². The molecule has 0 atom stereocenters. The minimum Gasteiger partial charge on any atom is -0.390 e. The number of anilines is 2. The third kappa shape index (κ3) is 4.84. The van der Waals surface area contributed by atoms with Crippen LogP contribution in [0.1, 0.15) is 12.1 Å². The molecule has 0 saturated carbocycles. The summed E-state index contributed by atoms with van der Waals surface area (Å²) in [7, 11) is 0. The largest absolute Gasteiger partial charge is 0.490 e. The number of aromatic nitrogens is 5. The molecule has 0 aromatic carbocycles. The van der Waals surface area contributed by atoms with Gasteiger partial charge in [-0.3, -0.25) is 0 Å². The van der Waals surface area contributed by atoms with Crippen LogP contribution in [-0.4, -0.2) is 36.2 Å². The lowest BCUT2D eigenvalue weighted by atomic mass is 10.4. The summed E-state index contributed by atoms with van der Waals surface area (Å²) in [6.07, 6.45) is 2.05. The lowest BCUT2D eigenvalue weighted by Gasteiger charge is -2.06. The van der Waals surface area contributed by atoms with Crippen LogP contribution in [0, 0.1) is 17.0 Å². The fraction of sp³-hybridized carbons (Fsp3) is 0.400. The number of nitrogen functional groups attached to an aromatic ring is 1. The topological polar surface area (TPSA) is 138 Å². The van der Waals surface area contributed by atoms with Crippen LogP contribution in [0.25, 0.3) is 0 Å². The monoisotopic (exact) mass is 314 g/mol. The highest BCUT2D eigenvalue weighted by atomic mass is 35.5. The van der Waals surface area contributed by atoms with Gasteiger partial charge >= 0.3 is 5.95 Å². The maximum atomic E-state index is 10.4. The predicted molar refractivity (Wildman–Crippen MR) is 78.2 cm³/mol. The molecule has 2 heterocycles. The van der Waals surface area contributed by atoms with Gasteiger partial charge in [0.05, 0.1) is 6.54 Å². The zero-order valence-electron chi connectivity index (χ0n) is 11.3. The van der Waals surface area contributed by atoms with Crippen LogP contribution in [-0.2, 0) is 6.54 Å². The highest BCUT2D eigenvalue weighted by molar-refractivity contribution is 5.85. The number of halogens is 1. The van der Waals surface area contributed by atoms with E-state index in [0.29, 0.717) is 25.3 Å². The third-order valence-corrected chi connectivity index (χ3v) is 2.43. The van der Waals surface area contributed by atoms with Gasteiger partial charge in [-0.15, -0.1) is 12.4 Å². The van der Waals surface area contributed by atoms with Gasteiger partial charge < -0.3 is 21.2 Å². The second-order valence-corrected chi connectivity index (χ2v) is 4.10. The number of nitrogens with one attached hydrogen (secondary N) is 1. The minimum absolute atomic E-state index is 0. The summed E-state index contributed by atoms with van der Waals surface area (Å²) < 4.78 is 1.43. The molecule has 0 saturated heterocycles. The Morgan fingerprint density at radius 3 is 2.86 bits per heavy atom. The van der Waals surface area contributed by atoms with Crippen LogP contribution >= 0.6 is 12.4 Å². The highest BCUT2D eigenvalue weighted by Gasteiger charge is 2.12. The van der Waals surface area contributed by atoms with Crippen molar-refractivity contribution < 1.29 is 4.92 Å². The van der Waals surface area contributed by atoms with Crippen molar-refractivity contribution in [2.24, 2.45) is 0 Å². The standard InChI is InChI=1S/C10H14N8O2.ClH/c1-7-5-8(15-9(11)14-7)12-3-2-4-17-6-13-10(16-17)18(19)20;/h5-6H,2-4H2,1H3,(H3,11,12,14,15);1H. The number of hydrogen-bond donors (Lipinski definition) is 2. The molecule has 10 nitrogen and oxygen atoms in total. The first kappa shape index (κ1) is 16.6. The third-order valence-electron chi connectivity index (χ3n) is 2.43. The summed E-state index contributed by atoms with van der Waals surface area (Å²) in [5, 5.41) is 17.2. The fourth-order valence-electron chi connectivity index (χ4n) is 1.62. The zero-order valence-corrected chi connectivity index (χ0v) is 12.1. The van der Waals surface area contributed by atoms with Crippen molar-refractivity contribution in [1.82, 2.24) is 24.7 Å². The van der Waals surface area contributed by atoms with Crippen LogP contribution in [0.15, 0.2) is 12.4 Å². The van der Waals surface area contributed by atoms with E-state index in [1.165, 1.54) is 11.0 Å². The van der Waals surface area contributed by atoms with E-state index in [2.05, 4.69) is 25.4 Å². The van der Waals surface area contributed by atoms with Gasteiger partial charge in [0.25, 0.3) is 0 Å². The molecule has 0 unspecified atom stereocenters. The minimum atomic E-state index is -0.624. The summed E-state index contributed by atoms with van der Waals surface area (Å²) in [6, 6.07) is 1.79. The molecule has 0 spiro atoms. The Kier molecular flexibility index (Phi) is 5.79. The smallest absolute Gasteiger partial charge is 0.390 e. The second kappa shape index (κ2) is 7.33. The van der Waals surface area contributed by atoms with E-state index in [1.54, 1.807) is 6.07 Å². The van der Waals surface area contributed by atoms with Crippen molar-refractivity contribution in [3.63, 3.8) is 0 Å². The number of nitrogens with zero attached hydrogens (tertiary/aromatic N) is 6. The summed E-state index contributed by atoms with van der Waals surface area (Å²) in [6.45, 7) is 2.98. The fourth-order valence-corrected chi connectivity index (χ4v) is 1.62. The van der Waals surface area contributed by atoms with Gasteiger partial charge in [0.2, 0.25) is 12.3 Å². The molecule has 2 aromatic heterocycles. The van der Waals surface area contributed by atoms with Gasteiger partial charge in [0.1, 0.15) is 5.82 Å². The number of hydrogen-bond acceptors (Lipinski definition) is 8. The molecule has 2 rings (SSSR count). The van der Waals surface area contributed by atoms with E-state index >= 15 is 0 Å². The Balaban J connectivity index is 0.00000220. The molecule has 21 heavy (non-hydrogen) atoms. The number of nitro groups is 1. The molecule has 0 aliphatic heterocycles. The average Bonchev–Trinajstić information content (AvgIpc) is 2.82. The molecule has 0 amide bonds. The van der Waals surface area contributed by atoms with E-state index in [-0.39, 0.29) is 18.4 Å². The Labute approximate surface area is 126 Å².